The zero-order valence-electron chi connectivity index (χ0n) is 22.8. The predicted octanol–water partition coefficient (Wildman–Crippen LogP) is 3.84. The smallest absolute Gasteiger partial charge is 0.412 e. The van der Waals surface area contributed by atoms with Gasteiger partial charge >= 0.3 is 11.8 Å². The number of imidazole rings is 1. The fourth-order valence-electron chi connectivity index (χ4n) is 4.00. The van der Waals surface area contributed by atoms with Gasteiger partial charge in [-0.3, -0.25) is 9.88 Å². The normalized spacial score (nSPS) is 11.4. The number of hydrogen-bond donors (Lipinski definition) is 2. The number of methoxy groups -OCH3 is 2. The molecule has 0 bridgehead atoms. The van der Waals surface area contributed by atoms with Crippen LogP contribution < -0.4 is 26.2 Å². The topological polar surface area (TPSA) is 145 Å². The van der Waals surface area contributed by atoms with E-state index in [-0.39, 0.29) is 18.1 Å². The summed E-state index contributed by atoms with van der Waals surface area (Å²) in [7, 11) is 3.12. The quantitative estimate of drug-likeness (QED) is 0.321. The summed E-state index contributed by atoms with van der Waals surface area (Å²) in [5.74, 6) is 1.11. The highest BCUT2D eigenvalue weighted by molar-refractivity contribution is 5.89. The Hall–Kier alpha value is -4.58. The van der Waals surface area contributed by atoms with Crippen molar-refractivity contribution in [2.24, 2.45) is 0 Å². The number of hydrogen-bond acceptors (Lipinski definition) is 9. The van der Waals surface area contributed by atoms with E-state index in [0.29, 0.717) is 40.7 Å². The zero-order valence-corrected chi connectivity index (χ0v) is 22.8. The fraction of sp³-hybridized carbons (Fsp3) is 0.333. The van der Waals surface area contributed by atoms with Crippen LogP contribution >= 0.6 is 0 Å². The van der Waals surface area contributed by atoms with Crippen molar-refractivity contribution in [1.82, 2.24) is 19.1 Å². The van der Waals surface area contributed by atoms with E-state index >= 15 is 0 Å². The maximum Gasteiger partial charge on any atom is 0.412 e. The molecule has 0 radical (unpaired) electrons. The van der Waals surface area contributed by atoms with Crippen LogP contribution in [0.5, 0.6) is 11.5 Å². The number of fused-ring (bicyclic) bond motifs is 1. The van der Waals surface area contributed by atoms with E-state index in [9.17, 15) is 9.59 Å². The molecule has 4 rings (SSSR count). The number of nitrogens with one attached hydrogen (secondary N) is 1. The molecule has 12 nitrogen and oxygen atoms in total. The van der Waals surface area contributed by atoms with E-state index in [4.69, 9.17) is 24.7 Å². The second kappa shape index (κ2) is 11.0. The van der Waals surface area contributed by atoms with Crippen molar-refractivity contribution in [3.63, 3.8) is 0 Å². The van der Waals surface area contributed by atoms with Crippen LogP contribution in [-0.4, -0.2) is 58.2 Å². The first-order chi connectivity index (χ1) is 18.5. The second-order valence-electron chi connectivity index (χ2n) is 9.69. The van der Waals surface area contributed by atoms with Crippen molar-refractivity contribution < 1.29 is 23.7 Å². The first kappa shape index (κ1) is 27.5. The Kier molecular flexibility index (Phi) is 7.77. The van der Waals surface area contributed by atoms with E-state index in [0.717, 1.165) is 5.56 Å². The predicted molar refractivity (Wildman–Crippen MR) is 147 cm³/mol. The summed E-state index contributed by atoms with van der Waals surface area (Å²) in [6, 6.07) is 10.3. The number of amides is 1. The highest BCUT2D eigenvalue weighted by Crippen LogP contribution is 2.31. The van der Waals surface area contributed by atoms with E-state index < -0.39 is 17.4 Å². The van der Waals surface area contributed by atoms with Crippen LogP contribution in [0, 0.1) is 6.92 Å². The second-order valence-corrected chi connectivity index (χ2v) is 9.69. The van der Waals surface area contributed by atoms with Crippen LogP contribution in [-0.2, 0) is 9.47 Å². The summed E-state index contributed by atoms with van der Waals surface area (Å²) < 4.78 is 24.6. The molecule has 2 aromatic heterocycles. The Morgan fingerprint density at radius 3 is 2.41 bits per heavy atom. The Labute approximate surface area is 225 Å². The van der Waals surface area contributed by atoms with Crippen molar-refractivity contribution in [3.05, 3.63) is 58.8 Å². The summed E-state index contributed by atoms with van der Waals surface area (Å²) in [5, 5.41) is 2.72. The number of aromatic nitrogens is 4. The van der Waals surface area contributed by atoms with Gasteiger partial charge in [0.15, 0.2) is 11.5 Å². The number of carbonyl (C=O) groups excluding carboxylic acids is 1. The van der Waals surface area contributed by atoms with Gasteiger partial charge in [0, 0.05) is 13.2 Å². The van der Waals surface area contributed by atoms with Gasteiger partial charge in [-0.05, 0) is 57.5 Å². The van der Waals surface area contributed by atoms with Crippen LogP contribution in [0.15, 0.2) is 47.5 Å². The van der Waals surface area contributed by atoms with Crippen LogP contribution in [0.25, 0.3) is 22.5 Å². The van der Waals surface area contributed by atoms with Gasteiger partial charge in [0.1, 0.15) is 35.6 Å². The first-order valence-corrected chi connectivity index (χ1v) is 12.2. The van der Waals surface area contributed by atoms with Gasteiger partial charge in [-0.1, -0.05) is 6.07 Å². The third-order valence-electron chi connectivity index (χ3n) is 5.70. The van der Waals surface area contributed by atoms with E-state index in [1.54, 1.807) is 65.3 Å². The minimum absolute atomic E-state index is 0.127. The van der Waals surface area contributed by atoms with Crippen molar-refractivity contribution in [1.29, 1.82) is 0 Å². The number of nitrogens with two attached hydrogens (primary N) is 1. The van der Waals surface area contributed by atoms with Gasteiger partial charge in [-0.2, -0.15) is 0 Å². The molecule has 2 heterocycles. The fourth-order valence-corrected chi connectivity index (χ4v) is 4.00. The maximum atomic E-state index is 13.9. The zero-order chi connectivity index (χ0) is 28.3. The standard InChI is InChI=1S/C27H32N6O6/c1-16-7-8-18(14-21(16)37-6)32-22-23(28)29-15-30-24(22)33(26(32)35)17-9-10-20(38-12-11-36-5)19(13-17)31-25(34)39-27(2,3)4/h7-10,13-15H,11-12H2,1-6H3,(H,31,34)(H2,28,29,30). The first-order valence-electron chi connectivity index (χ1n) is 12.2. The van der Waals surface area contributed by atoms with Crippen LogP contribution in [0.1, 0.15) is 26.3 Å². The van der Waals surface area contributed by atoms with Gasteiger partial charge in [-0.15, -0.1) is 0 Å². The minimum atomic E-state index is -0.716. The molecule has 0 fully saturated rings. The lowest BCUT2D eigenvalue weighted by Crippen LogP contribution is -2.27. The van der Waals surface area contributed by atoms with Gasteiger partial charge in [0.2, 0.25) is 0 Å². The molecule has 1 amide bonds. The molecule has 0 unspecified atom stereocenters. The summed E-state index contributed by atoms with van der Waals surface area (Å²) in [6.45, 7) is 7.78. The van der Waals surface area contributed by atoms with Crippen molar-refractivity contribution in [3.8, 4) is 22.9 Å². The molecule has 0 aliphatic rings. The summed E-state index contributed by atoms with van der Waals surface area (Å²) in [6.07, 6.45) is 0.611. The Bertz CT molecular complexity index is 1570. The molecular formula is C27H32N6O6. The molecule has 39 heavy (non-hydrogen) atoms. The SMILES string of the molecule is COCCOc1ccc(-n2c(=O)n(-c3ccc(C)c(OC)c3)c3c(N)ncnc32)cc1NC(=O)OC(C)(C)C. The van der Waals surface area contributed by atoms with Crippen LogP contribution in [0.3, 0.4) is 0 Å². The summed E-state index contributed by atoms with van der Waals surface area (Å²) in [4.78, 5) is 35.0. The molecule has 0 saturated carbocycles. The molecule has 0 saturated heterocycles. The highest BCUT2D eigenvalue weighted by Gasteiger charge is 2.23. The Balaban J connectivity index is 1.89. The monoisotopic (exact) mass is 536 g/mol. The van der Waals surface area contributed by atoms with E-state index in [2.05, 4.69) is 15.3 Å². The Morgan fingerprint density at radius 2 is 1.72 bits per heavy atom. The summed E-state index contributed by atoms with van der Waals surface area (Å²) >= 11 is 0. The molecular weight excluding hydrogens is 504 g/mol. The number of anilines is 2. The molecule has 0 aliphatic carbocycles. The number of nitrogen functional groups attached to an aromatic ring is 1. The van der Waals surface area contributed by atoms with Gasteiger partial charge in [0.05, 0.1) is 30.8 Å². The average molecular weight is 537 g/mol. The minimum Gasteiger partial charge on any atom is -0.496 e. The molecule has 2 aromatic carbocycles. The average Bonchev–Trinajstić information content (AvgIpc) is 3.17. The number of benzene rings is 2. The number of carbonyl (C=O) groups is 1. The Morgan fingerprint density at radius 1 is 1.00 bits per heavy atom. The largest absolute Gasteiger partial charge is 0.496 e. The summed E-state index contributed by atoms with van der Waals surface area (Å²) in [5.41, 5.74) is 7.83. The number of nitrogens with zero attached hydrogens (tertiary/aromatic N) is 4. The maximum absolute atomic E-state index is 13.9. The van der Waals surface area contributed by atoms with E-state index in [1.165, 1.54) is 15.5 Å². The van der Waals surface area contributed by atoms with Crippen molar-refractivity contribution in [2.45, 2.75) is 33.3 Å². The third-order valence-corrected chi connectivity index (χ3v) is 5.70. The van der Waals surface area contributed by atoms with Crippen molar-refractivity contribution >= 4 is 28.8 Å². The third kappa shape index (κ3) is 5.80. The molecule has 3 N–H and O–H groups in total. The number of aryl methyl sites for hydroxylation is 1. The molecule has 0 atom stereocenters. The molecule has 206 valence electrons. The van der Waals surface area contributed by atoms with Crippen LogP contribution in [0.4, 0.5) is 16.3 Å². The lowest BCUT2D eigenvalue weighted by atomic mass is 10.2. The number of rotatable bonds is 8. The van der Waals surface area contributed by atoms with E-state index in [1.807, 2.05) is 13.0 Å². The van der Waals surface area contributed by atoms with Crippen LogP contribution in [0.2, 0.25) is 0 Å². The molecule has 0 spiro atoms. The lowest BCUT2D eigenvalue weighted by molar-refractivity contribution is 0.0635. The number of ether oxygens (including phenoxy) is 4. The van der Waals surface area contributed by atoms with Gasteiger partial charge in [-0.25, -0.2) is 24.1 Å². The lowest BCUT2D eigenvalue weighted by Gasteiger charge is -2.21. The molecule has 12 heteroatoms. The molecule has 4 aromatic rings. The highest BCUT2D eigenvalue weighted by atomic mass is 16.6. The van der Waals surface area contributed by atoms with Gasteiger partial charge in [0.25, 0.3) is 0 Å². The van der Waals surface area contributed by atoms with Gasteiger partial charge < -0.3 is 24.7 Å². The van der Waals surface area contributed by atoms with Crippen molar-refractivity contribution in [2.75, 3.05) is 38.5 Å². The molecule has 0 aliphatic heterocycles.